The van der Waals surface area contributed by atoms with Gasteiger partial charge in [-0.3, -0.25) is 4.79 Å². The number of carbonyl (C=O) groups is 1. The van der Waals surface area contributed by atoms with E-state index in [0.717, 1.165) is 5.56 Å². The number of aryl methyl sites for hydroxylation is 1. The quantitative estimate of drug-likeness (QED) is 0.885. The zero-order valence-corrected chi connectivity index (χ0v) is 11.2. The molecule has 6 heteroatoms. The maximum atomic E-state index is 11.1. The highest BCUT2D eigenvalue weighted by molar-refractivity contribution is 5.93. The predicted octanol–water partition coefficient (Wildman–Crippen LogP) is 1.87. The molecule has 0 unspecified atom stereocenters. The highest BCUT2D eigenvalue weighted by Gasteiger charge is 2.12. The van der Waals surface area contributed by atoms with E-state index in [0.29, 0.717) is 22.7 Å². The second kappa shape index (κ2) is 5.48. The molecule has 2 rings (SSSR count). The molecule has 0 fully saturated rings. The number of rotatable bonds is 4. The van der Waals surface area contributed by atoms with Crippen LogP contribution >= 0.6 is 0 Å². The van der Waals surface area contributed by atoms with Gasteiger partial charge in [0.1, 0.15) is 0 Å². The van der Waals surface area contributed by atoms with E-state index in [1.54, 1.807) is 24.4 Å². The average molecular weight is 273 g/mol. The Hall–Kier alpha value is -2.76. The molecule has 1 amide bonds. The van der Waals surface area contributed by atoms with Crippen LogP contribution in [0, 0.1) is 6.92 Å². The van der Waals surface area contributed by atoms with Gasteiger partial charge in [-0.2, -0.15) is 0 Å². The lowest BCUT2D eigenvalue weighted by Crippen LogP contribution is -2.11. The summed E-state index contributed by atoms with van der Waals surface area (Å²) in [6.45, 7) is 1.86. The van der Waals surface area contributed by atoms with Crippen molar-refractivity contribution in [3.05, 3.63) is 41.6 Å². The summed E-state index contributed by atoms with van der Waals surface area (Å²) in [7, 11) is 1.47. The monoisotopic (exact) mass is 273 g/mol. The van der Waals surface area contributed by atoms with E-state index in [1.165, 1.54) is 13.2 Å². The Bertz CT molecular complexity index is 656. The highest BCUT2D eigenvalue weighted by Crippen LogP contribution is 2.34. The van der Waals surface area contributed by atoms with Gasteiger partial charge in [-0.1, -0.05) is 0 Å². The lowest BCUT2D eigenvalue weighted by molar-refractivity contribution is 0.1000. The number of carbonyl (C=O) groups excluding carboxylic acids is 1. The molecule has 20 heavy (non-hydrogen) atoms. The number of anilines is 1. The summed E-state index contributed by atoms with van der Waals surface area (Å²) in [6, 6.07) is 6.42. The van der Waals surface area contributed by atoms with E-state index in [2.05, 4.69) is 4.98 Å². The number of nitrogen functional groups attached to an aromatic ring is 1. The van der Waals surface area contributed by atoms with Gasteiger partial charge < -0.3 is 20.9 Å². The summed E-state index contributed by atoms with van der Waals surface area (Å²) < 4.78 is 10.8. The van der Waals surface area contributed by atoms with Crippen LogP contribution in [0.25, 0.3) is 0 Å². The van der Waals surface area contributed by atoms with E-state index < -0.39 is 5.91 Å². The Morgan fingerprint density at radius 2 is 2.00 bits per heavy atom. The van der Waals surface area contributed by atoms with E-state index in [4.69, 9.17) is 20.9 Å². The maximum Gasteiger partial charge on any atom is 0.248 e. The van der Waals surface area contributed by atoms with Gasteiger partial charge in [0.2, 0.25) is 11.8 Å². The number of nitrogens with two attached hydrogens (primary N) is 2. The number of methoxy groups -OCH3 is 1. The summed E-state index contributed by atoms with van der Waals surface area (Å²) in [5.74, 6) is 0.532. The van der Waals surface area contributed by atoms with Crippen LogP contribution in [-0.4, -0.2) is 18.0 Å². The van der Waals surface area contributed by atoms with Gasteiger partial charge in [-0.15, -0.1) is 0 Å². The van der Waals surface area contributed by atoms with Crippen molar-refractivity contribution in [3.63, 3.8) is 0 Å². The third-order valence-corrected chi connectivity index (χ3v) is 2.83. The molecule has 1 aromatic heterocycles. The zero-order valence-electron chi connectivity index (χ0n) is 11.2. The minimum atomic E-state index is -0.539. The van der Waals surface area contributed by atoms with Crippen LogP contribution < -0.4 is 20.9 Å². The molecule has 1 heterocycles. The number of pyridine rings is 1. The van der Waals surface area contributed by atoms with Crippen molar-refractivity contribution >= 4 is 11.6 Å². The molecular formula is C14H15N3O3. The van der Waals surface area contributed by atoms with Crippen molar-refractivity contribution in [1.29, 1.82) is 0 Å². The van der Waals surface area contributed by atoms with Crippen molar-refractivity contribution in [2.75, 3.05) is 12.8 Å². The molecule has 0 spiro atoms. The van der Waals surface area contributed by atoms with Gasteiger partial charge >= 0.3 is 0 Å². The first kappa shape index (κ1) is 13.7. The fourth-order valence-electron chi connectivity index (χ4n) is 1.64. The first-order chi connectivity index (χ1) is 9.52. The van der Waals surface area contributed by atoms with Crippen LogP contribution in [-0.2, 0) is 0 Å². The Kier molecular flexibility index (Phi) is 3.74. The Morgan fingerprint density at radius 3 is 2.65 bits per heavy atom. The molecule has 0 bridgehead atoms. The molecule has 104 valence electrons. The maximum absolute atomic E-state index is 11.1. The number of ether oxygens (including phenoxy) is 2. The van der Waals surface area contributed by atoms with Crippen LogP contribution in [0.3, 0.4) is 0 Å². The van der Waals surface area contributed by atoms with E-state index in [1.807, 2.05) is 6.92 Å². The molecule has 0 saturated heterocycles. The van der Waals surface area contributed by atoms with Crippen LogP contribution in [0.5, 0.6) is 17.4 Å². The SMILES string of the molecule is COc1cc(C(N)=O)ccc1Oc1nccc(C)c1N. The standard InChI is InChI=1S/C14H15N3O3/c1-8-5-6-17-14(12(8)15)20-10-4-3-9(13(16)18)7-11(10)19-2/h3-7H,15H2,1-2H3,(H2,16,18). The van der Waals surface area contributed by atoms with Gasteiger partial charge in [0.15, 0.2) is 11.5 Å². The largest absolute Gasteiger partial charge is 0.493 e. The van der Waals surface area contributed by atoms with Crippen molar-refractivity contribution < 1.29 is 14.3 Å². The Labute approximate surface area is 116 Å². The number of hydrogen-bond acceptors (Lipinski definition) is 5. The van der Waals surface area contributed by atoms with Crippen molar-refractivity contribution in [2.45, 2.75) is 6.92 Å². The van der Waals surface area contributed by atoms with Crippen LogP contribution in [0.4, 0.5) is 5.69 Å². The second-order valence-electron chi connectivity index (χ2n) is 4.18. The van der Waals surface area contributed by atoms with E-state index in [-0.39, 0.29) is 5.88 Å². The third kappa shape index (κ3) is 2.64. The summed E-state index contributed by atoms with van der Waals surface area (Å²) in [4.78, 5) is 15.2. The Morgan fingerprint density at radius 1 is 1.25 bits per heavy atom. The molecule has 0 radical (unpaired) electrons. The average Bonchev–Trinajstić information content (AvgIpc) is 2.44. The van der Waals surface area contributed by atoms with Gasteiger partial charge in [-0.05, 0) is 36.8 Å². The first-order valence-electron chi connectivity index (χ1n) is 5.89. The highest BCUT2D eigenvalue weighted by atomic mass is 16.5. The molecule has 0 atom stereocenters. The van der Waals surface area contributed by atoms with Crippen molar-refractivity contribution in [2.24, 2.45) is 5.73 Å². The minimum absolute atomic E-state index is 0.287. The fourth-order valence-corrected chi connectivity index (χ4v) is 1.64. The summed E-state index contributed by atoms with van der Waals surface area (Å²) in [6.07, 6.45) is 1.60. The molecule has 2 aromatic rings. The predicted molar refractivity (Wildman–Crippen MR) is 75.0 cm³/mol. The van der Waals surface area contributed by atoms with E-state index >= 15 is 0 Å². The summed E-state index contributed by atoms with van der Waals surface area (Å²) in [5.41, 5.74) is 12.8. The number of hydrogen-bond donors (Lipinski definition) is 2. The number of aromatic nitrogens is 1. The van der Waals surface area contributed by atoms with Gasteiger partial charge in [0.05, 0.1) is 12.8 Å². The Balaban J connectivity index is 2.38. The smallest absolute Gasteiger partial charge is 0.248 e. The van der Waals surface area contributed by atoms with Crippen LogP contribution in [0.2, 0.25) is 0 Å². The summed E-state index contributed by atoms with van der Waals surface area (Å²) in [5, 5.41) is 0. The molecule has 0 aliphatic rings. The summed E-state index contributed by atoms with van der Waals surface area (Å²) >= 11 is 0. The number of primary amides is 1. The molecule has 0 saturated carbocycles. The number of benzene rings is 1. The van der Waals surface area contributed by atoms with Gasteiger partial charge in [0, 0.05) is 11.8 Å². The van der Waals surface area contributed by atoms with Crippen molar-refractivity contribution in [3.8, 4) is 17.4 Å². The minimum Gasteiger partial charge on any atom is -0.493 e. The van der Waals surface area contributed by atoms with Crippen LogP contribution in [0.15, 0.2) is 30.5 Å². The molecule has 0 aliphatic carbocycles. The number of amides is 1. The van der Waals surface area contributed by atoms with Gasteiger partial charge in [-0.25, -0.2) is 4.98 Å². The normalized spacial score (nSPS) is 10.1. The second-order valence-corrected chi connectivity index (χ2v) is 4.18. The van der Waals surface area contributed by atoms with Gasteiger partial charge in [0.25, 0.3) is 0 Å². The molecule has 4 N–H and O–H groups in total. The van der Waals surface area contributed by atoms with Crippen molar-refractivity contribution in [1.82, 2.24) is 4.98 Å². The molecule has 6 nitrogen and oxygen atoms in total. The van der Waals surface area contributed by atoms with E-state index in [9.17, 15) is 4.79 Å². The fraction of sp³-hybridized carbons (Fsp3) is 0.143. The molecular weight excluding hydrogens is 258 g/mol. The third-order valence-electron chi connectivity index (χ3n) is 2.83. The van der Waals surface area contributed by atoms with Crippen LogP contribution in [0.1, 0.15) is 15.9 Å². The zero-order chi connectivity index (χ0) is 14.7. The lowest BCUT2D eigenvalue weighted by Gasteiger charge is -2.12. The molecule has 1 aromatic carbocycles. The topological polar surface area (TPSA) is 100 Å². The lowest BCUT2D eigenvalue weighted by atomic mass is 10.2. The first-order valence-corrected chi connectivity index (χ1v) is 5.89. The number of nitrogens with zero attached hydrogens (tertiary/aromatic N) is 1. The molecule has 0 aliphatic heterocycles.